The van der Waals surface area contributed by atoms with Gasteiger partial charge in [0.2, 0.25) is 0 Å². The normalized spacial score (nSPS) is 13.9. The maximum absolute atomic E-state index is 12.1. The van der Waals surface area contributed by atoms with Gasteiger partial charge in [-0.05, 0) is 6.42 Å². The quantitative estimate of drug-likeness (QED) is 0.645. The first kappa shape index (κ1) is 12.2. The van der Waals surface area contributed by atoms with E-state index < -0.39 is 18.2 Å². The molecule has 0 aliphatic heterocycles. The number of hydrogen-bond acceptors (Lipinski definition) is 3. The Hall–Kier alpha value is -0.780. The summed E-state index contributed by atoms with van der Waals surface area (Å²) in [7, 11) is 0.885. The minimum absolute atomic E-state index is 0.126. The van der Waals surface area contributed by atoms with Gasteiger partial charge in [-0.2, -0.15) is 13.2 Å². The first-order valence-corrected chi connectivity index (χ1v) is 3.69. The fourth-order valence-electron chi connectivity index (χ4n) is 0.639. The molecule has 0 spiro atoms. The largest absolute Gasteiger partial charge is 0.467 e. The fraction of sp³-hybridized carbons (Fsp3) is 0.857. The molecule has 1 unspecified atom stereocenters. The summed E-state index contributed by atoms with van der Waals surface area (Å²) in [5.41, 5.74) is 0. The van der Waals surface area contributed by atoms with Crippen molar-refractivity contribution >= 4 is 5.97 Å². The highest BCUT2D eigenvalue weighted by atomic mass is 19.4. The molecule has 3 nitrogen and oxygen atoms in total. The molecular weight excluding hydrogens is 189 g/mol. The zero-order chi connectivity index (χ0) is 10.5. The topological polar surface area (TPSA) is 35.5 Å². The van der Waals surface area contributed by atoms with Gasteiger partial charge in [0.15, 0.2) is 0 Å². The van der Waals surface area contributed by atoms with Gasteiger partial charge in [-0.25, -0.2) is 4.79 Å². The number of ether oxygens (including phenoxy) is 2. The second-order valence-electron chi connectivity index (χ2n) is 2.32. The molecule has 0 heterocycles. The zero-order valence-corrected chi connectivity index (χ0v) is 7.35. The van der Waals surface area contributed by atoms with Crippen LogP contribution < -0.4 is 0 Å². The molecule has 0 rings (SSSR count). The molecule has 13 heavy (non-hydrogen) atoms. The molecular formula is C7H11F3O3. The third-order valence-corrected chi connectivity index (χ3v) is 1.20. The van der Waals surface area contributed by atoms with Gasteiger partial charge in [-0.1, -0.05) is 6.92 Å². The number of halogens is 3. The molecule has 1 atom stereocenters. The third-order valence-electron chi connectivity index (χ3n) is 1.20. The fourth-order valence-corrected chi connectivity index (χ4v) is 0.639. The Balaban J connectivity index is 4.28. The van der Waals surface area contributed by atoms with Crippen molar-refractivity contribution in [2.45, 2.75) is 25.6 Å². The molecule has 0 aromatic heterocycles. The highest BCUT2D eigenvalue weighted by Crippen LogP contribution is 2.23. The predicted octanol–water partition coefficient (Wildman–Crippen LogP) is 1.52. The summed E-state index contributed by atoms with van der Waals surface area (Å²) in [5.74, 6) is -1.42. The second-order valence-corrected chi connectivity index (χ2v) is 2.32. The molecule has 78 valence electrons. The van der Waals surface area contributed by atoms with Gasteiger partial charge in [-0.3, -0.25) is 0 Å². The first-order valence-electron chi connectivity index (χ1n) is 3.69. The van der Waals surface area contributed by atoms with Crippen LogP contribution in [0, 0.1) is 0 Å². The van der Waals surface area contributed by atoms with E-state index in [1.54, 1.807) is 6.92 Å². The van der Waals surface area contributed by atoms with Crippen molar-refractivity contribution in [3.8, 4) is 0 Å². The summed E-state index contributed by atoms with van der Waals surface area (Å²) >= 11 is 0. The Morgan fingerprint density at radius 1 is 1.46 bits per heavy atom. The van der Waals surface area contributed by atoms with Crippen molar-refractivity contribution in [2.75, 3.05) is 13.7 Å². The molecule has 0 aliphatic carbocycles. The Bertz CT molecular complexity index is 167. The zero-order valence-electron chi connectivity index (χ0n) is 7.35. The van der Waals surface area contributed by atoms with E-state index >= 15 is 0 Å². The highest BCUT2D eigenvalue weighted by Gasteiger charge is 2.46. The molecule has 0 aromatic rings. The van der Waals surface area contributed by atoms with E-state index in [1.165, 1.54) is 0 Å². The van der Waals surface area contributed by atoms with Gasteiger partial charge in [0.25, 0.3) is 6.10 Å². The van der Waals surface area contributed by atoms with Crippen LogP contribution >= 0.6 is 0 Å². The maximum Gasteiger partial charge on any atom is 0.425 e. The number of rotatable bonds is 4. The molecule has 0 saturated heterocycles. The van der Waals surface area contributed by atoms with Gasteiger partial charge in [0, 0.05) is 6.61 Å². The minimum atomic E-state index is -4.71. The van der Waals surface area contributed by atoms with Crippen molar-refractivity contribution in [1.29, 1.82) is 0 Å². The van der Waals surface area contributed by atoms with E-state index in [4.69, 9.17) is 0 Å². The lowest BCUT2D eigenvalue weighted by atomic mass is 10.3. The van der Waals surface area contributed by atoms with Crippen LogP contribution in [0.1, 0.15) is 13.3 Å². The van der Waals surface area contributed by atoms with Crippen LogP contribution in [-0.4, -0.2) is 32.0 Å². The third kappa shape index (κ3) is 4.12. The predicted molar refractivity (Wildman–Crippen MR) is 38.1 cm³/mol. The van der Waals surface area contributed by atoms with E-state index in [0.717, 1.165) is 7.11 Å². The summed E-state index contributed by atoms with van der Waals surface area (Å²) < 4.78 is 44.4. The molecule has 0 amide bonds. The van der Waals surface area contributed by atoms with E-state index in [1.807, 2.05) is 0 Å². The van der Waals surface area contributed by atoms with Gasteiger partial charge >= 0.3 is 12.1 Å². The average molecular weight is 200 g/mol. The van der Waals surface area contributed by atoms with Crippen LogP contribution in [0.3, 0.4) is 0 Å². The number of methoxy groups -OCH3 is 1. The Kier molecular flexibility index (Phi) is 4.76. The summed E-state index contributed by atoms with van der Waals surface area (Å²) in [5, 5.41) is 0. The molecule has 0 bridgehead atoms. The van der Waals surface area contributed by atoms with Crippen LogP contribution in [0.15, 0.2) is 0 Å². The molecule has 6 heteroatoms. The lowest BCUT2D eigenvalue weighted by molar-refractivity contribution is -0.228. The van der Waals surface area contributed by atoms with Crippen molar-refractivity contribution in [3.05, 3.63) is 0 Å². The molecule has 0 aromatic carbocycles. The standard InChI is InChI=1S/C7H11F3O3/c1-3-4-13-5(6(11)12-2)7(8,9)10/h5H,3-4H2,1-2H3. The van der Waals surface area contributed by atoms with E-state index in [9.17, 15) is 18.0 Å². The Morgan fingerprint density at radius 3 is 2.31 bits per heavy atom. The van der Waals surface area contributed by atoms with Crippen LogP contribution in [0.25, 0.3) is 0 Å². The van der Waals surface area contributed by atoms with Gasteiger partial charge < -0.3 is 9.47 Å². The first-order chi connectivity index (χ1) is 5.93. The van der Waals surface area contributed by atoms with E-state index in [-0.39, 0.29) is 6.61 Å². The number of carbonyl (C=O) groups excluding carboxylic acids is 1. The van der Waals surface area contributed by atoms with Crippen molar-refractivity contribution in [3.63, 3.8) is 0 Å². The van der Waals surface area contributed by atoms with Crippen molar-refractivity contribution in [1.82, 2.24) is 0 Å². The SMILES string of the molecule is CCCOC(C(=O)OC)C(F)(F)F. The minimum Gasteiger partial charge on any atom is -0.467 e. The Labute approximate surface area is 73.8 Å². The van der Waals surface area contributed by atoms with E-state index in [2.05, 4.69) is 9.47 Å². The van der Waals surface area contributed by atoms with Crippen molar-refractivity contribution < 1.29 is 27.4 Å². The van der Waals surface area contributed by atoms with Gasteiger partial charge in [0.05, 0.1) is 7.11 Å². The lowest BCUT2D eigenvalue weighted by Crippen LogP contribution is -2.40. The number of esters is 1. The van der Waals surface area contributed by atoms with Crippen LogP contribution in [0.2, 0.25) is 0 Å². The number of alkyl halides is 3. The molecule has 0 aliphatic rings. The number of carbonyl (C=O) groups is 1. The van der Waals surface area contributed by atoms with Crippen molar-refractivity contribution in [2.24, 2.45) is 0 Å². The summed E-state index contributed by atoms with van der Waals surface area (Å²) in [6, 6.07) is 0. The highest BCUT2D eigenvalue weighted by molar-refractivity contribution is 5.75. The van der Waals surface area contributed by atoms with Crippen LogP contribution in [-0.2, 0) is 14.3 Å². The molecule has 0 radical (unpaired) electrons. The Morgan fingerprint density at radius 2 is 2.00 bits per heavy atom. The molecule has 0 N–H and O–H groups in total. The molecule has 0 fully saturated rings. The second kappa shape index (κ2) is 5.06. The lowest BCUT2D eigenvalue weighted by Gasteiger charge is -2.17. The van der Waals surface area contributed by atoms with Gasteiger partial charge in [0.1, 0.15) is 0 Å². The summed E-state index contributed by atoms with van der Waals surface area (Å²) in [4.78, 5) is 10.6. The smallest absolute Gasteiger partial charge is 0.425 e. The van der Waals surface area contributed by atoms with Gasteiger partial charge in [-0.15, -0.1) is 0 Å². The van der Waals surface area contributed by atoms with Crippen LogP contribution in [0.4, 0.5) is 13.2 Å². The maximum atomic E-state index is 12.1. The monoisotopic (exact) mass is 200 g/mol. The van der Waals surface area contributed by atoms with E-state index in [0.29, 0.717) is 6.42 Å². The average Bonchev–Trinajstić information content (AvgIpc) is 2.02. The summed E-state index contributed by atoms with van der Waals surface area (Å²) in [6.45, 7) is 1.52. The number of hydrogen-bond donors (Lipinski definition) is 0. The molecule has 0 saturated carbocycles. The van der Waals surface area contributed by atoms with Crippen LogP contribution in [0.5, 0.6) is 0 Å². The summed E-state index contributed by atoms with van der Waals surface area (Å²) in [6.07, 6.45) is -6.76.